The molecule has 1 fully saturated rings. The average molecular weight is 511 g/mol. The van der Waals surface area contributed by atoms with Crippen molar-refractivity contribution in [1.29, 1.82) is 0 Å². The van der Waals surface area contributed by atoms with Crippen molar-refractivity contribution in [3.8, 4) is 0 Å². The van der Waals surface area contributed by atoms with Crippen molar-refractivity contribution >= 4 is 18.0 Å². The number of carbonyl (C=O) groups excluding carboxylic acids is 3. The summed E-state index contributed by atoms with van der Waals surface area (Å²) in [6.07, 6.45) is 0.983. The molecule has 0 saturated carbocycles. The summed E-state index contributed by atoms with van der Waals surface area (Å²) < 4.78 is 22.7. The second-order valence-corrected chi connectivity index (χ2v) is 11.0. The van der Waals surface area contributed by atoms with Crippen LogP contribution in [0.2, 0.25) is 0 Å². The highest BCUT2D eigenvalue weighted by atomic mass is 16.7. The lowest BCUT2D eigenvalue weighted by atomic mass is 9.91. The summed E-state index contributed by atoms with van der Waals surface area (Å²) in [5.41, 5.74) is -0.771. The van der Waals surface area contributed by atoms with Crippen LogP contribution in [-0.4, -0.2) is 76.0 Å². The number of aromatic amines is 1. The van der Waals surface area contributed by atoms with Crippen molar-refractivity contribution in [2.45, 2.75) is 116 Å². The molecule has 1 unspecified atom stereocenters. The molecule has 2 amide bonds. The van der Waals surface area contributed by atoms with Crippen LogP contribution in [0.4, 0.5) is 4.79 Å². The lowest BCUT2D eigenvalue weighted by molar-refractivity contribution is -0.182. The highest BCUT2D eigenvalue weighted by Gasteiger charge is 2.51. The Balaban J connectivity index is 2.45. The van der Waals surface area contributed by atoms with E-state index in [1.807, 2.05) is 13.0 Å². The summed E-state index contributed by atoms with van der Waals surface area (Å²) in [6, 6.07) is 0.483. The summed E-state index contributed by atoms with van der Waals surface area (Å²) in [5.74, 6) is -1.08. The van der Waals surface area contributed by atoms with E-state index in [1.54, 1.807) is 47.7 Å². The van der Waals surface area contributed by atoms with Crippen molar-refractivity contribution in [1.82, 2.24) is 20.4 Å². The summed E-state index contributed by atoms with van der Waals surface area (Å²) in [6.45, 7) is 14.0. The lowest BCUT2D eigenvalue weighted by Crippen LogP contribution is -2.50. The predicted molar refractivity (Wildman–Crippen MR) is 132 cm³/mol. The molecule has 1 aliphatic rings. The van der Waals surface area contributed by atoms with Crippen LogP contribution in [0.15, 0.2) is 12.3 Å². The van der Waals surface area contributed by atoms with Gasteiger partial charge in [-0.3, -0.25) is 14.8 Å². The van der Waals surface area contributed by atoms with Gasteiger partial charge in [0, 0.05) is 32.2 Å². The standard InChI is InChI=1S/C25H42N4O7/c1-10-16(34-22(33-9)27-15(2)30)13-19-17(18-11-12-26-28-18)14-20(21(31)35-24(3,4)5)29(19)23(32)36-25(6,7)8/h11-12,16-17,19-20,22H,10,13-14H2,1-9H3,(H,26,28)(H,27,30)/t16-,17-,19+,20+,22?/m0/s1. The van der Waals surface area contributed by atoms with E-state index in [0.717, 1.165) is 5.69 Å². The first kappa shape index (κ1) is 29.6. The molecule has 2 heterocycles. The van der Waals surface area contributed by atoms with Crippen molar-refractivity contribution in [2.24, 2.45) is 0 Å². The van der Waals surface area contributed by atoms with Crippen molar-refractivity contribution in [2.75, 3.05) is 7.11 Å². The topological polar surface area (TPSA) is 132 Å². The fourth-order valence-corrected chi connectivity index (χ4v) is 4.24. The predicted octanol–water partition coefficient (Wildman–Crippen LogP) is 3.46. The highest BCUT2D eigenvalue weighted by Crippen LogP contribution is 2.41. The molecule has 0 aromatic carbocycles. The van der Waals surface area contributed by atoms with Gasteiger partial charge in [-0.05, 0) is 66.9 Å². The largest absolute Gasteiger partial charge is 0.458 e. The Morgan fingerprint density at radius 2 is 1.81 bits per heavy atom. The molecule has 36 heavy (non-hydrogen) atoms. The van der Waals surface area contributed by atoms with E-state index in [-0.39, 0.29) is 11.8 Å². The number of rotatable bonds is 9. The van der Waals surface area contributed by atoms with Crippen molar-refractivity contribution < 1.29 is 33.3 Å². The first-order valence-corrected chi connectivity index (χ1v) is 12.3. The van der Waals surface area contributed by atoms with Crippen LogP contribution in [-0.2, 0) is 28.5 Å². The van der Waals surface area contributed by atoms with Crippen LogP contribution in [0.1, 0.15) is 86.3 Å². The van der Waals surface area contributed by atoms with E-state index < -0.39 is 47.9 Å². The first-order valence-electron chi connectivity index (χ1n) is 12.3. The molecular weight excluding hydrogens is 468 g/mol. The Hall–Kier alpha value is -2.66. The van der Waals surface area contributed by atoms with Crippen LogP contribution >= 0.6 is 0 Å². The number of hydrogen-bond donors (Lipinski definition) is 2. The molecule has 0 radical (unpaired) electrons. The van der Waals surface area contributed by atoms with Crippen LogP contribution in [0, 0.1) is 0 Å². The quantitative estimate of drug-likeness (QED) is 0.381. The summed E-state index contributed by atoms with van der Waals surface area (Å²) >= 11 is 0. The average Bonchev–Trinajstić information content (AvgIpc) is 3.37. The van der Waals surface area contributed by atoms with Crippen molar-refractivity contribution in [3.05, 3.63) is 18.0 Å². The van der Waals surface area contributed by atoms with E-state index in [4.69, 9.17) is 18.9 Å². The molecule has 1 aromatic rings. The monoisotopic (exact) mass is 510 g/mol. The molecule has 0 aliphatic carbocycles. The number of likely N-dealkylation sites (tertiary alicyclic amines) is 1. The van der Waals surface area contributed by atoms with Gasteiger partial charge in [0.1, 0.15) is 17.2 Å². The Morgan fingerprint density at radius 1 is 1.17 bits per heavy atom. The maximum atomic E-state index is 13.5. The highest BCUT2D eigenvalue weighted by molar-refractivity contribution is 5.83. The first-order chi connectivity index (χ1) is 16.6. The number of hydrogen-bond acceptors (Lipinski definition) is 8. The van der Waals surface area contributed by atoms with Crippen LogP contribution in [0.25, 0.3) is 0 Å². The third-order valence-electron chi connectivity index (χ3n) is 5.63. The molecule has 11 heteroatoms. The fourth-order valence-electron chi connectivity index (χ4n) is 4.24. The zero-order valence-electron chi connectivity index (χ0n) is 22.9. The van der Waals surface area contributed by atoms with Crippen LogP contribution < -0.4 is 5.32 Å². The maximum Gasteiger partial charge on any atom is 0.411 e. The molecule has 1 saturated heterocycles. The summed E-state index contributed by atoms with van der Waals surface area (Å²) in [4.78, 5) is 39.8. The van der Waals surface area contributed by atoms with Gasteiger partial charge in [-0.2, -0.15) is 5.10 Å². The Labute approximate surface area is 213 Å². The van der Waals surface area contributed by atoms with Crippen LogP contribution in [0.3, 0.4) is 0 Å². The minimum absolute atomic E-state index is 0.277. The third-order valence-corrected chi connectivity index (χ3v) is 5.63. The smallest absolute Gasteiger partial charge is 0.411 e. The van der Waals surface area contributed by atoms with E-state index in [2.05, 4.69) is 15.5 Å². The molecule has 11 nitrogen and oxygen atoms in total. The number of aromatic nitrogens is 2. The van der Waals surface area contributed by atoms with Gasteiger partial charge in [0.25, 0.3) is 0 Å². The number of carbonyl (C=O) groups is 3. The second-order valence-electron chi connectivity index (χ2n) is 11.0. The Bertz CT molecular complexity index is 876. The summed E-state index contributed by atoms with van der Waals surface area (Å²) in [7, 11) is 1.43. The third kappa shape index (κ3) is 8.48. The molecule has 2 rings (SSSR count). The minimum Gasteiger partial charge on any atom is -0.458 e. The van der Waals surface area contributed by atoms with Crippen LogP contribution in [0.5, 0.6) is 0 Å². The zero-order chi connectivity index (χ0) is 27.3. The second kappa shape index (κ2) is 12.1. The van der Waals surface area contributed by atoms with Gasteiger partial charge in [0.2, 0.25) is 12.3 Å². The Morgan fingerprint density at radius 3 is 2.28 bits per heavy atom. The van der Waals surface area contributed by atoms with Gasteiger partial charge in [-0.25, -0.2) is 9.59 Å². The van der Waals surface area contributed by atoms with Gasteiger partial charge in [-0.15, -0.1) is 0 Å². The number of H-pyrrole nitrogens is 1. The molecule has 0 bridgehead atoms. The number of methoxy groups -OCH3 is 1. The number of ether oxygens (including phenoxy) is 4. The number of nitrogens with one attached hydrogen (secondary N) is 2. The van der Waals surface area contributed by atoms with Gasteiger partial charge >= 0.3 is 12.1 Å². The van der Waals surface area contributed by atoms with Gasteiger partial charge < -0.3 is 24.3 Å². The molecule has 204 valence electrons. The molecule has 1 aliphatic heterocycles. The lowest BCUT2D eigenvalue weighted by Gasteiger charge is -2.35. The number of esters is 1. The fraction of sp³-hybridized carbons (Fsp3) is 0.760. The van der Waals surface area contributed by atoms with Gasteiger partial charge in [0.05, 0.1) is 11.8 Å². The van der Waals surface area contributed by atoms with Gasteiger partial charge in [-0.1, -0.05) is 6.92 Å². The number of nitrogens with zero attached hydrogens (tertiary/aromatic N) is 2. The number of amides is 2. The van der Waals surface area contributed by atoms with Gasteiger partial charge in [0.15, 0.2) is 0 Å². The maximum absolute atomic E-state index is 13.5. The molecule has 5 atom stereocenters. The normalized spacial score (nSPS) is 22.1. The van der Waals surface area contributed by atoms with E-state index in [1.165, 1.54) is 18.9 Å². The molecule has 2 N–H and O–H groups in total. The Kier molecular flexibility index (Phi) is 9.90. The SMILES string of the molecule is CC[C@@H](C[C@@H]1[C@H](c2cc[nH]n2)C[C@H](C(=O)OC(C)(C)C)N1C(=O)OC(C)(C)C)OC(NC(C)=O)OC. The van der Waals surface area contributed by atoms with E-state index in [9.17, 15) is 14.4 Å². The molecular formula is C25H42N4O7. The zero-order valence-corrected chi connectivity index (χ0v) is 22.9. The van der Waals surface area contributed by atoms with E-state index >= 15 is 0 Å². The summed E-state index contributed by atoms with van der Waals surface area (Å²) in [5, 5.41) is 9.77. The molecule has 0 spiro atoms. The van der Waals surface area contributed by atoms with Crippen molar-refractivity contribution in [3.63, 3.8) is 0 Å². The minimum atomic E-state index is -0.950. The molecule has 1 aromatic heterocycles. The van der Waals surface area contributed by atoms with E-state index in [0.29, 0.717) is 19.3 Å².